The fraction of sp³-hybridized carbons (Fsp3) is 0.368. The van der Waals surface area contributed by atoms with Crippen LogP contribution in [0.1, 0.15) is 12.8 Å². The number of aromatic nitrogens is 4. The third kappa shape index (κ3) is 5.51. The first-order valence-corrected chi connectivity index (χ1v) is 11.7. The van der Waals surface area contributed by atoms with E-state index in [9.17, 15) is 4.79 Å². The van der Waals surface area contributed by atoms with E-state index in [0.29, 0.717) is 10.8 Å². The predicted molar refractivity (Wildman–Crippen MR) is 120 cm³/mol. The average molecular weight is 465 g/mol. The number of nitrogens with one attached hydrogen (secondary N) is 2. The number of aryl methyl sites for hydroxylation is 1. The molecule has 158 valence electrons. The first-order valence-electron chi connectivity index (χ1n) is 9.48. The Hall–Kier alpha value is -2.14. The van der Waals surface area contributed by atoms with Gasteiger partial charge in [-0.3, -0.25) is 9.48 Å². The van der Waals surface area contributed by atoms with Crippen molar-refractivity contribution in [1.29, 1.82) is 0 Å². The summed E-state index contributed by atoms with van der Waals surface area (Å²) in [4.78, 5) is 12.4. The molecule has 1 aliphatic heterocycles. The molecule has 3 aromatic rings. The van der Waals surface area contributed by atoms with Gasteiger partial charge in [0, 0.05) is 36.9 Å². The predicted octanol–water partition coefficient (Wildman–Crippen LogP) is 3.91. The van der Waals surface area contributed by atoms with Gasteiger partial charge in [-0.1, -0.05) is 46.8 Å². The summed E-state index contributed by atoms with van der Waals surface area (Å²) in [5.41, 5.74) is 1.70. The number of benzene rings is 1. The Morgan fingerprint density at radius 3 is 2.97 bits per heavy atom. The standard InChI is InChI=1S/C19H21ClN6O2S2/c1-26-16(9-15(25-26)12-4-6-13(20)7-5-12)22-17(27)11-29-19-24-23-18(30-19)21-10-14-3-2-8-28-14/h4-7,9,14H,2-3,8,10-11H2,1H3,(H,21,23)(H,22,27). The summed E-state index contributed by atoms with van der Waals surface area (Å²) in [5, 5.41) is 20.3. The third-order valence-electron chi connectivity index (χ3n) is 4.53. The number of hydrogen-bond acceptors (Lipinski definition) is 8. The smallest absolute Gasteiger partial charge is 0.235 e. The molecule has 1 unspecified atom stereocenters. The number of halogens is 1. The second kappa shape index (κ2) is 9.78. The lowest BCUT2D eigenvalue weighted by Gasteiger charge is -2.08. The molecule has 1 aliphatic rings. The van der Waals surface area contributed by atoms with Gasteiger partial charge in [0.1, 0.15) is 5.82 Å². The molecule has 1 atom stereocenters. The molecular formula is C19H21ClN6O2S2. The fourth-order valence-electron chi connectivity index (χ4n) is 3.00. The van der Waals surface area contributed by atoms with E-state index in [2.05, 4.69) is 25.9 Å². The van der Waals surface area contributed by atoms with E-state index < -0.39 is 0 Å². The van der Waals surface area contributed by atoms with Crippen molar-refractivity contribution in [3.05, 3.63) is 35.4 Å². The summed E-state index contributed by atoms with van der Waals surface area (Å²) in [6, 6.07) is 9.25. The molecule has 1 saturated heterocycles. The number of hydrogen-bond donors (Lipinski definition) is 2. The van der Waals surface area contributed by atoms with Crippen LogP contribution < -0.4 is 10.6 Å². The minimum Gasteiger partial charge on any atom is -0.376 e. The zero-order valence-electron chi connectivity index (χ0n) is 16.3. The number of amides is 1. The summed E-state index contributed by atoms with van der Waals surface area (Å²) in [7, 11) is 1.79. The van der Waals surface area contributed by atoms with E-state index in [4.69, 9.17) is 16.3 Å². The van der Waals surface area contributed by atoms with Crippen LogP contribution in [0.15, 0.2) is 34.7 Å². The van der Waals surface area contributed by atoms with Gasteiger partial charge in [0.2, 0.25) is 11.0 Å². The van der Waals surface area contributed by atoms with E-state index in [-0.39, 0.29) is 17.8 Å². The SMILES string of the molecule is Cn1nc(-c2ccc(Cl)cc2)cc1NC(=O)CSc1nnc(NCC2CCCO2)s1. The molecule has 4 rings (SSSR count). The molecule has 11 heteroatoms. The van der Waals surface area contributed by atoms with E-state index >= 15 is 0 Å². The highest BCUT2D eigenvalue weighted by atomic mass is 35.5. The van der Waals surface area contributed by atoms with Gasteiger partial charge < -0.3 is 15.4 Å². The Labute approximate surface area is 187 Å². The van der Waals surface area contributed by atoms with Crippen molar-refractivity contribution >= 4 is 51.6 Å². The molecule has 1 aromatic carbocycles. The van der Waals surface area contributed by atoms with Crippen LogP contribution in [-0.4, -0.2) is 50.9 Å². The van der Waals surface area contributed by atoms with Crippen LogP contribution >= 0.6 is 34.7 Å². The van der Waals surface area contributed by atoms with E-state index in [1.54, 1.807) is 11.7 Å². The van der Waals surface area contributed by atoms with Crippen LogP contribution in [0, 0.1) is 0 Å². The van der Waals surface area contributed by atoms with Gasteiger partial charge >= 0.3 is 0 Å². The van der Waals surface area contributed by atoms with Crippen LogP contribution in [0.5, 0.6) is 0 Å². The third-order valence-corrected chi connectivity index (χ3v) is 6.79. The lowest BCUT2D eigenvalue weighted by Crippen LogP contribution is -2.18. The number of thioether (sulfide) groups is 1. The number of nitrogens with zero attached hydrogens (tertiary/aromatic N) is 4. The lowest BCUT2D eigenvalue weighted by atomic mass is 10.1. The van der Waals surface area contributed by atoms with Crippen LogP contribution in [-0.2, 0) is 16.6 Å². The number of carbonyl (C=O) groups excluding carboxylic acids is 1. The van der Waals surface area contributed by atoms with Crippen LogP contribution in [0.4, 0.5) is 10.9 Å². The summed E-state index contributed by atoms with van der Waals surface area (Å²) in [6.07, 6.45) is 2.42. The Kier molecular flexibility index (Phi) is 6.88. The topological polar surface area (TPSA) is 94.0 Å². The van der Waals surface area contributed by atoms with Gasteiger partial charge in [-0.2, -0.15) is 5.10 Å². The number of anilines is 2. The van der Waals surface area contributed by atoms with Gasteiger partial charge in [0.25, 0.3) is 0 Å². The number of ether oxygens (including phenoxy) is 1. The van der Waals surface area contributed by atoms with Gasteiger partial charge in [-0.15, -0.1) is 10.2 Å². The van der Waals surface area contributed by atoms with Gasteiger partial charge in [0.05, 0.1) is 17.6 Å². The van der Waals surface area contributed by atoms with Crippen molar-refractivity contribution in [2.45, 2.75) is 23.3 Å². The first kappa shape index (κ1) is 21.1. The monoisotopic (exact) mass is 464 g/mol. The van der Waals surface area contributed by atoms with E-state index in [0.717, 1.165) is 46.7 Å². The Morgan fingerprint density at radius 2 is 2.20 bits per heavy atom. The van der Waals surface area contributed by atoms with Crippen LogP contribution in [0.25, 0.3) is 11.3 Å². The van der Waals surface area contributed by atoms with Crippen molar-refractivity contribution < 1.29 is 9.53 Å². The average Bonchev–Trinajstić information content (AvgIpc) is 3.48. The fourth-order valence-corrected chi connectivity index (χ4v) is 4.68. The maximum absolute atomic E-state index is 12.4. The summed E-state index contributed by atoms with van der Waals surface area (Å²) >= 11 is 8.73. The lowest BCUT2D eigenvalue weighted by molar-refractivity contribution is -0.113. The zero-order chi connectivity index (χ0) is 20.9. The van der Waals surface area contributed by atoms with Crippen molar-refractivity contribution in [2.24, 2.45) is 7.05 Å². The van der Waals surface area contributed by atoms with Crippen molar-refractivity contribution in [3.63, 3.8) is 0 Å². The Morgan fingerprint density at radius 1 is 1.37 bits per heavy atom. The Bertz CT molecular complexity index is 1000. The minimum atomic E-state index is -0.130. The number of rotatable bonds is 8. The molecule has 0 aliphatic carbocycles. The molecule has 1 amide bonds. The molecule has 0 saturated carbocycles. The largest absolute Gasteiger partial charge is 0.376 e. The molecule has 0 bridgehead atoms. The minimum absolute atomic E-state index is 0.130. The van der Waals surface area contributed by atoms with Gasteiger partial charge in [0.15, 0.2) is 4.34 Å². The van der Waals surface area contributed by atoms with Crippen LogP contribution in [0.3, 0.4) is 0 Å². The van der Waals surface area contributed by atoms with Crippen molar-refractivity contribution in [1.82, 2.24) is 20.0 Å². The second-order valence-corrected chi connectivity index (χ2v) is 9.41. The molecule has 0 radical (unpaired) electrons. The zero-order valence-corrected chi connectivity index (χ0v) is 18.7. The summed E-state index contributed by atoms with van der Waals surface area (Å²) in [6.45, 7) is 1.56. The van der Waals surface area contributed by atoms with E-state index in [1.165, 1.54) is 23.1 Å². The summed E-state index contributed by atoms with van der Waals surface area (Å²) < 4.78 is 7.97. The maximum atomic E-state index is 12.4. The molecule has 3 heterocycles. The highest BCUT2D eigenvalue weighted by Gasteiger charge is 2.16. The molecule has 0 spiro atoms. The Balaban J connectivity index is 1.27. The molecule has 2 N–H and O–H groups in total. The normalized spacial score (nSPS) is 16.0. The quantitative estimate of drug-likeness (QED) is 0.488. The van der Waals surface area contributed by atoms with Gasteiger partial charge in [-0.05, 0) is 25.0 Å². The molecular weight excluding hydrogens is 444 g/mol. The highest BCUT2D eigenvalue weighted by molar-refractivity contribution is 8.01. The first-order chi connectivity index (χ1) is 14.6. The molecule has 30 heavy (non-hydrogen) atoms. The van der Waals surface area contributed by atoms with Crippen LogP contribution in [0.2, 0.25) is 5.02 Å². The summed E-state index contributed by atoms with van der Waals surface area (Å²) in [5.74, 6) is 0.735. The highest BCUT2D eigenvalue weighted by Crippen LogP contribution is 2.27. The maximum Gasteiger partial charge on any atom is 0.235 e. The van der Waals surface area contributed by atoms with Crippen molar-refractivity contribution in [3.8, 4) is 11.3 Å². The van der Waals surface area contributed by atoms with E-state index in [1.807, 2.05) is 30.3 Å². The molecule has 1 fully saturated rings. The number of carbonyl (C=O) groups is 1. The van der Waals surface area contributed by atoms with Crippen molar-refractivity contribution in [2.75, 3.05) is 29.5 Å². The second-order valence-electron chi connectivity index (χ2n) is 6.77. The molecule has 2 aromatic heterocycles. The van der Waals surface area contributed by atoms with Gasteiger partial charge in [-0.25, -0.2) is 0 Å². The molecule has 8 nitrogen and oxygen atoms in total.